The molecule has 0 aliphatic carbocycles. The predicted octanol–water partition coefficient (Wildman–Crippen LogP) is 6.15. The zero-order valence-electron chi connectivity index (χ0n) is 15.5. The molecule has 0 spiro atoms. The van der Waals surface area contributed by atoms with Crippen LogP contribution in [0.2, 0.25) is 0 Å². The maximum Gasteiger partial charge on any atom is 0.374 e. The van der Waals surface area contributed by atoms with Gasteiger partial charge in [0.2, 0.25) is 5.76 Å². The molecule has 0 fully saturated rings. The van der Waals surface area contributed by atoms with E-state index in [4.69, 9.17) is 9.15 Å². The van der Waals surface area contributed by atoms with Crippen LogP contribution in [0.1, 0.15) is 94.5 Å². The van der Waals surface area contributed by atoms with E-state index in [0.717, 1.165) is 6.42 Å². The Morgan fingerprint density at radius 2 is 1.42 bits per heavy atom. The van der Waals surface area contributed by atoms with Crippen LogP contribution in [0, 0.1) is 0 Å². The Morgan fingerprint density at radius 1 is 0.875 bits per heavy atom. The van der Waals surface area contributed by atoms with E-state index >= 15 is 0 Å². The molecule has 0 saturated heterocycles. The van der Waals surface area contributed by atoms with Gasteiger partial charge in [-0.05, 0) is 12.5 Å². The summed E-state index contributed by atoms with van der Waals surface area (Å²) in [6.07, 6.45) is 15.9. The maximum absolute atomic E-state index is 11.2. The molecule has 0 radical (unpaired) electrons. The van der Waals surface area contributed by atoms with Gasteiger partial charge in [-0.25, -0.2) is 4.79 Å². The van der Waals surface area contributed by atoms with Crippen LogP contribution >= 0.6 is 0 Å². The summed E-state index contributed by atoms with van der Waals surface area (Å²) in [4.78, 5) is 11.2. The van der Waals surface area contributed by atoms with Crippen LogP contribution in [0.5, 0.6) is 5.95 Å². The number of furan rings is 1. The average Bonchev–Trinajstić information content (AvgIpc) is 3.07. The molecule has 1 heterocycles. The van der Waals surface area contributed by atoms with Crippen LogP contribution in [-0.2, 0) is 4.74 Å². The minimum atomic E-state index is -0.477. The van der Waals surface area contributed by atoms with E-state index in [1.807, 2.05) is 0 Å². The summed E-state index contributed by atoms with van der Waals surface area (Å²) < 4.78 is 15.3. The largest absolute Gasteiger partial charge is 0.465 e. The van der Waals surface area contributed by atoms with Gasteiger partial charge in [0.05, 0.1) is 13.7 Å². The van der Waals surface area contributed by atoms with Crippen LogP contribution in [0.3, 0.4) is 0 Å². The average molecular weight is 338 g/mol. The molecule has 0 atom stereocenters. The van der Waals surface area contributed by atoms with E-state index in [9.17, 15) is 4.79 Å². The standard InChI is InChI=1S/C20H34O4/c1-3-4-5-6-7-8-9-10-11-12-13-14-17-23-19-16-15-18(24-19)20(21)22-2/h15-16H,3-14,17H2,1-2H3. The van der Waals surface area contributed by atoms with E-state index < -0.39 is 5.97 Å². The number of ether oxygens (including phenoxy) is 2. The van der Waals surface area contributed by atoms with Crippen molar-refractivity contribution in [3.63, 3.8) is 0 Å². The fourth-order valence-corrected chi connectivity index (χ4v) is 2.72. The molecule has 0 bridgehead atoms. The quantitative estimate of drug-likeness (QED) is 0.284. The van der Waals surface area contributed by atoms with Gasteiger partial charge in [-0.3, -0.25) is 0 Å². The molecule has 1 rings (SSSR count). The smallest absolute Gasteiger partial charge is 0.374 e. The van der Waals surface area contributed by atoms with Crippen molar-refractivity contribution < 1.29 is 18.7 Å². The van der Waals surface area contributed by atoms with Crippen molar-refractivity contribution in [3.05, 3.63) is 17.9 Å². The number of unbranched alkanes of at least 4 members (excludes halogenated alkanes) is 11. The lowest BCUT2D eigenvalue weighted by Crippen LogP contribution is -1.99. The van der Waals surface area contributed by atoms with Crippen LogP contribution < -0.4 is 4.74 Å². The second kappa shape index (κ2) is 13.9. The summed E-state index contributed by atoms with van der Waals surface area (Å²) in [5.41, 5.74) is 0. The molecule has 24 heavy (non-hydrogen) atoms. The number of esters is 1. The van der Waals surface area contributed by atoms with Gasteiger partial charge in [0.1, 0.15) is 0 Å². The van der Waals surface area contributed by atoms with E-state index in [0.29, 0.717) is 12.6 Å². The van der Waals surface area contributed by atoms with Gasteiger partial charge in [0.15, 0.2) is 0 Å². The lowest BCUT2D eigenvalue weighted by Gasteiger charge is -2.04. The zero-order valence-corrected chi connectivity index (χ0v) is 15.5. The highest BCUT2D eigenvalue weighted by molar-refractivity contribution is 5.86. The second-order valence-electron chi connectivity index (χ2n) is 6.35. The van der Waals surface area contributed by atoms with Crippen molar-refractivity contribution in [2.45, 2.75) is 84.0 Å². The van der Waals surface area contributed by atoms with Gasteiger partial charge in [-0.1, -0.05) is 77.6 Å². The van der Waals surface area contributed by atoms with Gasteiger partial charge in [0.25, 0.3) is 5.95 Å². The van der Waals surface area contributed by atoms with Crippen LogP contribution in [-0.4, -0.2) is 19.7 Å². The predicted molar refractivity (Wildman–Crippen MR) is 96.6 cm³/mol. The molecule has 0 aliphatic heterocycles. The molecular formula is C20H34O4. The van der Waals surface area contributed by atoms with Crippen molar-refractivity contribution in [3.8, 4) is 5.95 Å². The second-order valence-corrected chi connectivity index (χ2v) is 6.35. The summed E-state index contributed by atoms with van der Waals surface area (Å²) >= 11 is 0. The van der Waals surface area contributed by atoms with Crippen LogP contribution in [0.15, 0.2) is 16.5 Å². The fourth-order valence-electron chi connectivity index (χ4n) is 2.72. The highest BCUT2D eigenvalue weighted by atomic mass is 16.6. The molecule has 138 valence electrons. The Kier molecular flexibility index (Phi) is 12.0. The summed E-state index contributed by atoms with van der Waals surface area (Å²) in [6.45, 7) is 2.89. The highest BCUT2D eigenvalue weighted by Gasteiger charge is 2.11. The van der Waals surface area contributed by atoms with Crippen molar-refractivity contribution >= 4 is 5.97 Å². The minimum Gasteiger partial charge on any atom is -0.465 e. The minimum absolute atomic E-state index is 0.183. The third-order valence-electron chi connectivity index (χ3n) is 4.21. The Labute approximate surface area is 146 Å². The van der Waals surface area contributed by atoms with Crippen molar-refractivity contribution in [1.29, 1.82) is 0 Å². The molecule has 0 aromatic carbocycles. The van der Waals surface area contributed by atoms with Gasteiger partial charge < -0.3 is 13.9 Å². The first-order chi connectivity index (χ1) is 11.8. The first-order valence-electron chi connectivity index (χ1n) is 9.59. The Bertz CT molecular complexity index is 425. The molecule has 4 heteroatoms. The first-order valence-corrected chi connectivity index (χ1v) is 9.59. The van der Waals surface area contributed by atoms with E-state index in [-0.39, 0.29) is 5.76 Å². The number of hydrogen-bond donors (Lipinski definition) is 0. The van der Waals surface area contributed by atoms with E-state index in [1.54, 1.807) is 12.1 Å². The lowest BCUT2D eigenvalue weighted by atomic mass is 10.1. The third-order valence-corrected chi connectivity index (χ3v) is 4.21. The summed E-state index contributed by atoms with van der Waals surface area (Å²) in [5, 5.41) is 0. The van der Waals surface area contributed by atoms with Crippen LogP contribution in [0.4, 0.5) is 0 Å². The van der Waals surface area contributed by atoms with Gasteiger partial charge in [-0.15, -0.1) is 0 Å². The monoisotopic (exact) mass is 338 g/mol. The topological polar surface area (TPSA) is 48.7 Å². The molecule has 0 N–H and O–H groups in total. The van der Waals surface area contributed by atoms with Gasteiger partial charge >= 0.3 is 5.97 Å². The van der Waals surface area contributed by atoms with E-state index in [2.05, 4.69) is 11.7 Å². The van der Waals surface area contributed by atoms with Gasteiger partial charge in [0, 0.05) is 6.07 Å². The molecule has 0 saturated carbocycles. The Balaban J connectivity index is 1.87. The third kappa shape index (κ3) is 9.64. The summed E-state index contributed by atoms with van der Waals surface area (Å²) in [6, 6.07) is 3.23. The summed E-state index contributed by atoms with van der Waals surface area (Å²) in [7, 11) is 1.33. The van der Waals surface area contributed by atoms with Crippen molar-refractivity contribution in [2.75, 3.05) is 13.7 Å². The Morgan fingerprint density at radius 3 is 1.96 bits per heavy atom. The molecule has 0 amide bonds. The molecule has 4 nitrogen and oxygen atoms in total. The lowest BCUT2D eigenvalue weighted by molar-refractivity contribution is 0.0556. The number of rotatable bonds is 15. The molecule has 1 aromatic heterocycles. The maximum atomic E-state index is 11.2. The van der Waals surface area contributed by atoms with Crippen molar-refractivity contribution in [2.24, 2.45) is 0 Å². The zero-order chi connectivity index (χ0) is 17.5. The normalized spacial score (nSPS) is 10.8. The summed E-state index contributed by atoms with van der Waals surface area (Å²) in [5.74, 6) is 0.0934. The number of hydrogen-bond acceptors (Lipinski definition) is 4. The Hall–Kier alpha value is -1.45. The van der Waals surface area contributed by atoms with E-state index in [1.165, 1.54) is 77.7 Å². The number of methoxy groups -OCH3 is 1. The van der Waals surface area contributed by atoms with Gasteiger partial charge in [-0.2, -0.15) is 0 Å². The fraction of sp³-hybridized carbons (Fsp3) is 0.750. The SMILES string of the molecule is CCCCCCCCCCCCCCOc1ccc(C(=O)OC)o1. The van der Waals surface area contributed by atoms with Crippen molar-refractivity contribution in [1.82, 2.24) is 0 Å². The molecule has 0 aliphatic rings. The molecule has 0 unspecified atom stereocenters. The number of carbonyl (C=O) groups excluding carboxylic acids is 1. The molecular weight excluding hydrogens is 304 g/mol. The molecule has 1 aromatic rings. The highest BCUT2D eigenvalue weighted by Crippen LogP contribution is 2.17. The van der Waals surface area contributed by atoms with Crippen LogP contribution in [0.25, 0.3) is 0 Å². The first kappa shape index (κ1) is 20.6. The number of carbonyl (C=O) groups is 1.